The van der Waals surface area contributed by atoms with Crippen molar-refractivity contribution in [1.29, 1.82) is 0 Å². The Kier molecular flexibility index (Phi) is 5.54. The van der Waals surface area contributed by atoms with E-state index in [4.69, 9.17) is 0 Å². The fourth-order valence-corrected chi connectivity index (χ4v) is 2.94. The summed E-state index contributed by atoms with van der Waals surface area (Å²) in [7, 11) is 1.54. The van der Waals surface area contributed by atoms with Gasteiger partial charge in [-0.25, -0.2) is 5.01 Å². The monoisotopic (exact) mass is 378 g/mol. The molecule has 0 aromatic heterocycles. The maximum absolute atomic E-state index is 12.7. The highest BCUT2D eigenvalue weighted by molar-refractivity contribution is 6.44. The van der Waals surface area contributed by atoms with Crippen LogP contribution >= 0.6 is 0 Å². The van der Waals surface area contributed by atoms with Gasteiger partial charge in [-0.1, -0.05) is 18.2 Å². The summed E-state index contributed by atoms with van der Waals surface area (Å²) in [5, 5.41) is 10.9. The Bertz CT molecular complexity index is 981. The topological polar surface area (TPSA) is 90.9 Å². The smallest absolute Gasteiger partial charge is 0.271 e. The molecule has 0 radical (unpaired) electrons. The summed E-state index contributed by atoms with van der Waals surface area (Å²) in [6, 6.07) is 12.4. The minimum atomic E-state index is -0.392. The van der Waals surface area contributed by atoms with E-state index in [0.29, 0.717) is 16.9 Å². The van der Waals surface area contributed by atoms with Crippen LogP contribution in [0.4, 0.5) is 11.4 Å². The molecule has 3 rings (SSSR count). The standard InChI is InChI=1S/C21H22N4O3/c1-13-7-8-14(2)18(11-13)25-19(26)10-9-17(24-25)21(28)23-16-6-4-5-15(12-16)20(27)22-3/h4-8,11-12H,9-10H2,1-3H3,(H,22,27)(H,23,28). The number of hydrazone groups is 1. The van der Waals surface area contributed by atoms with Gasteiger partial charge < -0.3 is 10.6 Å². The van der Waals surface area contributed by atoms with E-state index in [1.807, 2.05) is 32.0 Å². The summed E-state index contributed by atoms with van der Waals surface area (Å²) in [6.45, 7) is 3.84. The van der Waals surface area contributed by atoms with Crippen LogP contribution in [0.15, 0.2) is 47.6 Å². The van der Waals surface area contributed by atoms with Gasteiger partial charge in [0.15, 0.2) is 0 Å². The van der Waals surface area contributed by atoms with Crippen LogP contribution in [0.3, 0.4) is 0 Å². The van der Waals surface area contributed by atoms with Gasteiger partial charge in [-0.2, -0.15) is 5.10 Å². The molecular weight excluding hydrogens is 356 g/mol. The van der Waals surface area contributed by atoms with Crippen molar-refractivity contribution in [3.05, 3.63) is 59.2 Å². The normalized spacial score (nSPS) is 13.8. The van der Waals surface area contributed by atoms with Crippen LogP contribution in [0.2, 0.25) is 0 Å². The number of hydrogen-bond donors (Lipinski definition) is 2. The van der Waals surface area contributed by atoms with Crippen LogP contribution in [0.1, 0.15) is 34.3 Å². The van der Waals surface area contributed by atoms with Crippen molar-refractivity contribution in [2.45, 2.75) is 26.7 Å². The zero-order valence-corrected chi connectivity index (χ0v) is 16.1. The third kappa shape index (κ3) is 4.09. The Hall–Kier alpha value is -3.48. The van der Waals surface area contributed by atoms with Crippen molar-refractivity contribution in [1.82, 2.24) is 5.32 Å². The third-order valence-electron chi connectivity index (χ3n) is 4.50. The summed E-state index contributed by atoms with van der Waals surface area (Å²) in [5.74, 6) is -0.776. The van der Waals surface area contributed by atoms with Crippen molar-refractivity contribution in [3.8, 4) is 0 Å². The summed E-state index contributed by atoms with van der Waals surface area (Å²) in [5.41, 5.74) is 3.79. The number of nitrogens with one attached hydrogen (secondary N) is 2. The minimum absolute atomic E-state index is 0.146. The van der Waals surface area contributed by atoms with Crippen molar-refractivity contribution in [2.24, 2.45) is 5.10 Å². The first-order valence-corrected chi connectivity index (χ1v) is 9.00. The maximum atomic E-state index is 12.7. The van der Waals surface area contributed by atoms with Gasteiger partial charge in [-0.3, -0.25) is 14.4 Å². The van der Waals surface area contributed by atoms with Crippen LogP contribution in [-0.4, -0.2) is 30.5 Å². The maximum Gasteiger partial charge on any atom is 0.271 e. The highest BCUT2D eigenvalue weighted by Gasteiger charge is 2.26. The number of benzene rings is 2. The molecule has 3 amide bonds. The molecule has 2 N–H and O–H groups in total. The Balaban J connectivity index is 1.84. The second-order valence-electron chi connectivity index (χ2n) is 6.66. The highest BCUT2D eigenvalue weighted by Crippen LogP contribution is 2.25. The second-order valence-corrected chi connectivity index (χ2v) is 6.66. The average Bonchev–Trinajstić information content (AvgIpc) is 2.69. The molecule has 1 aliphatic heterocycles. The number of rotatable bonds is 4. The van der Waals surface area contributed by atoms with Gasteiger partial charge in [0.25, 0.3) is 11.8 Å². The average molecular weight is 378 g/mol. The molecule has 2 aromatic rings. The van der Waals surface area contributed by atoms with Gasteiger partial charge in [0.2, 0.25) is 5.91 Å². The largest absolute Gasteiger partial charge is 0.355 e. The first kappa shape index (κ1) is 19.3. The van der Waals surface area contributed by atoms with E-state index in [-0.39, 0.29) is 30.4 Å². The van der Waals surface area contributed by atoms with E-state index in [1.54, 1.807) is 31.3 Å². The molecule has 0 unspecified atom stereocenters. The quantitative estimate of drug-likeness (QED) is 0.857. The van der Waals surface area contributed by atoms with Crippen molar-refractivity contribution < 1.29 is 14.4 Å². The van der Waals surface area contributed by atoms with Crippen LogP contribution in [0.25, 0.3) is 0 Å². The number of nitrogens with zero attached hydrogens (tertiary/aromatic N) is 2. The van der Waals surface area contributed by atoms with Crippen molar-refractivity contribution in [3.63, 3.8) is 0 Å². The molecule has 144 valence electrons. The summed E-state index contributed by atoms with van der Waals surface area (Å²) >= 11 is 0. The van der Waals surface area contributed by atoms with E-state index in [1.165, 1.54) is 5.01 Å². The van der Waals surface area contributed by atoms with Gasteiger partial charge >= 0.3 is 0 Å². The van der Waals surface area contributed by atoms with Gasteiger partial charge in [0.05, 0.1) is 5.69 Å². The van der Waals surface area contributed by atoms with Crippen LogP contribution in [-0.2, 0) is 9.59 Å². The van der Waals surface area contributed by atoms with E-state index in [0.717, 1.165) is 11.1 Å². The number of anilines is 2. The van der Waals surface area contributed by atoms with E-state index in [2.05, 4.69) is 15.7 Å². The number of carbonyl (C=O) groups is 3. The van der Waals surface area contributed by atoms with Gasteiger partial charge in [-0.05, 0) is 49.2 Å². The zero-order chi connectivity index (χ0) is 20.3. The molecule has 0 atom stereocenters. The molecule has 0 aliphatic carbocycles. The summed E-state index contributed by atoms with van der Waals surface area (Å²) in [6.07, 6.45) is 0.471. The first-order valence-electron chi connectivity index (χ1n) is 9.00. The number of aryl methyl sites for hydroxylation is 2. The summed E-state index contributed by atoms with van der Waals surface area (Å²) in [4.78, 5) is 36.8. The predicted molar refractivity (Wildman–Crippen MR) is 109 cm³/mol. The molecule has 28 heavy (non-hydrogen) atoms. The molecule has 1 aliphatic rings. The minimum Gasteiger partial charge on any atom is -0.355 e. The fourth-order valence-electron chi connectivity index (χ4n) is 2.94. The molecule has 0 saturated heterocycles. The molecule has 0 saturated carbocycles. The molecule has 0 spiro atoms. The van der Waals surface area contributed by atoms with Crippen molar-refractivity contribution >= 4 is 34.8 Å². The van der Waals surface area contributed by atoms with E-state index < -0.39 is 5.91 Å². The summed E-state index contributed by atoms with van der Waals surface area (Å²) < 4.78 is 0. The molecule has 7 heteroatoms. The zero-order valence-electron chi connectivity index (χ0n) is 16.1. The fraction of sp³-hybridized carbons (Fsp3) is 0.238. The Morgan fingerprint density at radius 2 is 1.82 bits per heavy atom. The lowest BCUT2D eigenvalue weighted by molar-refractivity contribution is -0.118. The lowest BCUT2D eigenvalue weighted by atomic mass is 10.1. The lowest BCUT2D eigenvalue weighted by Crippen LogP contribution is -2.36. The van der Waals surface area contributed by atoms with Gasteiger partial charge in [-0.15, -0.1) is 0 Å². The lowest BCUT2D eigenvalue weighted by Gasteiger charge is -2.24. The van der Waals surface area contributed by atoms with Crippen LogP contribution in [0, 0.1) is 13.8 Å². The van der Waals surface area contributed by atoms with Gasteiger partial charge in [0.1, 0.15) is 5.71 Å². The molecule has 0 fully saturated rings. The predicted octanol–water partition coefficient (Wildman–Crippen LogP) is 2.78. The second kappa shape index (κ2) is 8.04. The van der Waals surface area contributed by atoms with Crippen LogP contribution < -0.4 is 15.6 Å². The number of hydrogen-bond acceptors (Lipinski definition) is 4. The van der Waals surface area contributed by atoms with Gasteiger partial charge in [0, 0.05) is 31.1 Å². The SMILES string of the molecule is CNC(=O)c1cccc(NC(=O)C2=NN(c3cc(C)ccc3C)C(=O)CC2)c1. The third-order valence-corrected chi connectivity index (χ3v) is 4.50. The number of carbonyl (C=O) groups excluding carboxylic acids is 3. The molecule has 2 aromatic carbocycles. The molecular formula is C21H22N4O3. The molecule has 0 bridgehead atoms. The number of amides is 3. The highest BCUT2D eigenvalue weighted by atomic mass is 16.2. The van der Waals surface area contributed by atoms with E-state index >= 15 is 0 Å². The van der Waals surface area contributed by atoms with Crippen LogP contribution in [0.5, 0.6) is 0 Å². The Labute approximate surface area is 163 Å². The molecule has 1 heterocycles. The first-order chi connectivity index (χ1) is 13.4. The van der Waals surface area contributed by atoms with Crippen molar-refractivity contribution in [2.75, 3.05) is 17.4 Å². The Morgan fingerprint density at radius 3 is 2.57 bits per heavy atom. The van der Waals surface area contributed by atoms with E-state index in [9.17, 15) is 14.4 Å². The Morgan fingerprint density at radius 1 is 1.04 bits per heavy atom. The molecule has 7 nitrogen and oxygen atoms in total.